The van der Waals surface area contributed by atoms with Crippen LogP contribution in [0.25, 0.3) is 0 Å². The maximum atomic E-state index is 15.5. The minimum absolute atomic E-state index is 0.0820. The number of carbonyl (C=O) groups excluding carboxylic acids is 3. The van der Waals surface area contributed by atoms with Crippen molar-refractivity contribution in [2.75, 3.05) is 30.8 Å². The van der Waals surface area contributed by atoms with Crippen molar-refractivity contribution in [3.8, 4) is 0 Å². The molecule has 2 unspecified atom stereocenters. The van der Waals surface area contributed by atoms with Crippen molar-refractivity contribution < 1.29 is 39.0 Å². The number of rotatable bonds is 18. The zero-order valence-electron chi connectivity index (χ0n) is 38.6. The van der Waals surface area contributed by atoms with Gasteiger partial charge in [0.2, 0.25) is 5.60 Å². The number of β-amino-alcohol motifs (C(OH)–C–C–N with tert-alkyl or cyclic N) is 1. The third kappa shape index (κ3) is 8.56. The number of aliphatic hydroxyl groups excluding tert-OH is 1. The first-order valence-electron chi connectivity index (χ1n) is 23.3. The Kier molecular flexibility index (Phi) is 13.5. The summed E-state index contributed by atoms with van der Waals surface area (Å²) in [6.45, 7) is 0.166. The number of aromatic nitrogens is 1. The summed E-state index contributed by atoms with van der Waals surface area (Å²) in [6, 6.07) is 58.4. The molecule has 0 spiro atoms. The molecule has 2 fully saturated rings. The van der Waals surface area contributed by atoms with Crippen LogP contribution < -0.4 is 10.6 Å². The lowest BCUT2D eigenvalue weighted by Crippen LogP contribution is -2.82. The number of hydrogen-bond acceptors (Lipinski definition) is 13. The van der Waals surface area contributed by atoms with E-state index in [-0.39, 0.29) is 35.9 Å². The van der Waals surface area contributed by atoms with Crippen molar-refractivity contribution in [1.29, 1.82) is 0 Å². The summed E-state index contributed by atoms with van der Waals surface area (Å²) in [7, 11) is 0. The van der Waals surface area contributed by atoms with Gasteiger partial charge in [-0.05, 0) is 23.1 Å². The lowest BCUT2D eigenvalue weighted by atomic mass is 9.77. The second-order valence-electron chi connectivity index (χ2n) is 17.5. The molecule has 2 amide bonds. The largest absolute Gasteiger partial charge is 0.477 e. The number of ether oxygens (including phenoxy) is 1. The number of aliphatic hydroxyl groups is 1. The van der Waals surface area contributed by atoms with Crippen molar-refractivity contribution in [3.05, 3.63) is 238 Å². The highest BCUT2D eigenvalue weighted by Crippen LogP contribution is 2.48. The van der Waals surface area contributed by atoms with Crippen LogP contribution in [-0.4, -0.2) is 97.4 Å². The number of thioether (sulfide) groups is 1. The number of carbonyl (C=O) groups is 4. The molecule has 362 valence electrons. The number of nitrogens with one attached hydrogen (secondary N) is 2. The second-order valence-corrected chi connectivity index (χ2v) is 19.4. The van der Waals surface area contributed by atoms with Gasteiger partial charge in [0.1, 0.15) is 23.2 Å². The number of anilines is 1. The first-order valence-corrected chi connectivity index (χ1v) is 25.2. The number of likely N-dealkylation sites (tertiary alicyclic amines) is 1. The highest BCUT2D eigenvalue weighted by molar-refractivity contribution is 8.00. The van der Waals surface area contributed by atoms with Crippen molar-refractivity contribution in [2.45, 2.75) is 34.6 Å². The molecule has 3 aliphatic rings. The molecule has 3 aliphatic heterocycles. The normalized spacial score (nSPS) is 19.0. The summed E-state index contributed by atoms with van der Waals surface area (Å²) >= 11 is 2.44. The summed E-state index contributed by atoms with van der Waals surface area (Å²) < 4.78 is 5.30. The van der Waals surface area contributed by atoms with E-state index >= 15 is 4.79 Å². The van der Waals surface area contributed by atoms with Gasteiger partial charge in [-0.3, -0.25) is 19.3 Å². The Balaban J connectivity index is 1.11. The summed E-state index contributed by atoms with van der Waals surface area (Å²) in [4.78, 5) is 70.0. The highest BCUT2D eigenvalue weighted by atomic mass is 32.2. The molecular weight excluding hydrogens is 949 g/mol. The number of thiazole rings is 1. The quantitative estimate of drug-likeness (QED) is 0.0218. The summed E-state index contributed by atoms with van der Waals surface area (Å²) in [5, 5.41) is 33.4. The van der Waals surface area contributed by atoms with Gasteiger partial charge in [0, 0.05) is 40.9 Å². The molecule has 0 bridgehead atoms. The number of hydrogen-bond donors (Lipinski definition) is 4. The summed E-state index contributed by atoms with van der Waals surface area (Å²) in [6.07, 6.45) is -0.214. The Bertz CT molecular complexity index is 2940. The number of aliphatic carboxylic acids is 1. The average Bonchev–Trinajstić information content (AvgIpc) is 4.09. The molecule has 4 N–H and O–H groups in total. The Morgan fingerprint density at radius 2 is 1.25 bits per heavy atom. The lowest BCUT2D eigenvalue weighted by Gasteiger charge is -2.56. The van der Waals surface area contributed by atoms with E-state index in [0.29, 0.717) is 40.5 Å². The van der Waals surface area contributed by atoms with Crippen LogP contribution in [0, 0.1) is 0 Å². The number of β-lactam (4-membered cyclic amide) rings is 1. The smallest absolute Gasteiger partial charge is 0.354 e. The Hall–Kier alpha value is -8.05. The monoisotopic (exact) mass is 996 g/mol. The minimum atomic E-state index is -1.95. The molecule has 0 aliphatic carbocycles. The molecule has 0 radical (unpaired) electrons. The molecule has 7 aromatic rings. The number of carboxylic acid groups (broad SMARTS) is 1. The SMILES string of the molecule is O=COCC1(NC(=O)C(=NOC(c2ccccc2)(c2ccccc2)c2ccccc2)c2csc(NC(c3ccccc3)(c3ccccc3)c3ccccc3)n2)C(=O)N2C(C(=O)O)=C(N3CCC(O)C3)CS[C@H]21. The van der Waals surface area contributed by atoms with E-state index in [1.165, 1.54) is 23.1 Å². The Morgan fingerprint density at radius 1 is 0.764 bits per heavy atom. The van der Waals surface area contributed by atoms with Crippen LogP contribution in [0.3, 0.4) is 0 Å². The Labute approximate surface area is 423 Å². The van der Waals surface area contributed by atoms with E-state index in [2.05, 4.69) is 10.6 Å². The molecule has 1 aromatic heterocycles. The van der Waals surface area contributed by atoms with E-state index in [9.17, 15) is 24.6 Å². The minimum Gasteiger partial charge on any atom is -0.477 e. The molecule has 10 rings (SSSR count). The zero-order valence-corrected chi connectivity index (χ0v) is 40.2. The molecule has 72 heavy (non-hydrogen) atoms. The van der Waals surface area contributed by atoms with Crippen LogP contribution in [-0.2, 0) is 39.9 Å². The fourth-order valence-corrected chi connectivity index (χ4v) is 12.2. The fraction of sp³-hybridized carbons (Fsp3) is 0.179. The number of oxime groups is 1. The molecule has 16 heteroatoms. The second kappa shape index (κ2) is 20.4. The van der Waals surface area contributed by atoms with Crippen LogP contribution >= 0.6 is 23.1 Å². The average molecular weight is 997 g/mol. The van der Waals surface area contributed by atoms with Crippen molar-refractivity contribution in [3.63, 3.8) is 0 Å². The van der Waals surface area contributed by atoms with Crippen LogP contribution in [0.5, 0.6) is 0 Å². The van der Waals surface area contributed by atoms with E-state index in [4.69, 9.17) is 19.7 Å². The third-order valence-electron chi connectivity index (χ3n) is 13.3. The van der Waals surface area contributed by atoms with Gasteiger partial charge in [-0.15, -0.1) is 23.1 Å². The first kappa shape index (κ1) is 47.6. The Morgan fingerprint density at radius 3 is 1.69 bits per heavy atom. The molecule has 4 heterocycles. The maximum Gasteiger partial charge on any atom is 0.354 e. The van der Waals surface area contributed by atoms with Gasteiger partial charge in [0.25, 0.3) is 18.3 Å². The fourth-order valence-electron chi connectivity index (χ4n) is 9.92. The molecule has 14 nitrogen and oxygen atoms in total. The molecule has 3 atom stereocenters. The van der Waals surface area contributed by atoms with Crippen molar-refractivity contribution >= 4 is 58.2 Å². The van der Waals surface area contributed by atoms with Gasteiger partial charge in [-0.1, -0.05) is 187 Å². The van der Waals surface area contributed by atoms with Gasteiger partial charge < -0.3 is 35.3 Å². The van der Waals surface area contributed by atoms with Crippen LogP contribution in [0.15, 0.2) is 204 Å². The van der Waals surface area contributed by atoms with Gasteiger partial charge in [0.15, 0.2) is 22.1 Å². The summed E-state index contributed by atoms with van der Waals surface area (Å²) in [5.74, 6) is -2.94. The molecule has 0 saturated carbocycles. The van der Waals surface area contributed by atoms with E-state index < -0.39 is 52.5 Å². The maximum absolute atomic E-state index is 15.5. The number of amides is 2. The van der Waals surface area contributed by atoms with Crippen molar-refractivity contribution in [1.82, 2.24) is 20.1 Å². The predicted octanol–water partition coefficient (Wildman–Crippen LogP) is 7.57. The number of fused-ring (bicyclic) bond motifs is 1. The standard InChI is InChI=1S/C56H48N6O8S2/c63-37-69-36-54(51(68)62-48(50(66)67)46(35-71-52(54)62)61-32-31-44(64)33-61)58-49(65)47(60-70-56(41-25-13-4-14-26-41,42-27-15-5-16-28-42)43-29-17-6-18-30-43)45-34-72-53(57-45)59-55(38-19-7-1-8-20-38,39-21-9-2-10-22-39)40-23-11-3-12-24-40/h1-30,34,37,44,52,64H,31-33,35-36H2,(H,57,59)(H,58,65)(H,66,67)/t44?,52-,54?/m0/s1. The number of carboxylic acids is 1. The van der Waals surface area contributed by atoms with Gasteiger partial charge in [-0.2, -0.15) is 0 Å². The molecular formula is C56H48N6O8S2. The summed E-state index contributed by atoms with van der Waals surface area (Å²) in [5.41, 5.74) is 0.313. The number of nitrogens with zero attached hydrogens (tertiary/aromatic N) is 4. The predicted molar refractivity (Wildman–Crippen MR) is 275 cm³/mol. The topological polar surface area (TPSA) is 183 Å². The van der Waals surface area contributed by atoms with Gasteiger partial charge in [0.05, 0.1) is 11.8 Å². The molecule has 6 aromatic carbocycles. The number of benzene rings is 6. The first-order chi connectivity index (χ1) is 35.2. The zero-order chi connectivity index (χ0) is 49.7. The molecule has 2 saturated heterocycles. The van der Waals surface area contributed by atoms with Crippen LogP contribution in [0.4, 0.5) is 5.13 Å². The lowest BCUT2D eigenvalue weighted by molar-refractivity contribution is -0.164. The van der Waals surface area contributed by atoms with Crippen molar-refractivity contribution in [2.24, 2.45) is 5.16 Å². The van der Waals surface area contributed by atoms with Gasteiger partial charge >= 0.3 is 5.97 Å². The van der Waals surface area contributed by atoms with Gasteiger partial charge in [-0.25, -0.2) is 9.78 Å². The van der Waals surface area contributed by atoms with Crippen LogP contribution in [0.2, 0.25) is 0 Å². The van der Waals surface area contributed by atoms with E-state index in [1.807, 2.05) is 182 Å². The van der Waals surface area contributed by atoms with E-state index in [0.717, 1.165) is 21.6 Å². The van der Waals surface area contributed by atoms with Crippen LogP contribution in [0.1, 0.15) is 45.5 Å². The third-order valence-corrected chi connectivity index (χ3v) is 15.4. The highest BCUT2D eigenvalue weighted by Gasteiger charge is 2.67. The van der Waals surface area contributed by atoms with E-state index in [1.54, 1.807) is 10.3 Å².